The van der Waals surface area contributed by atoms with Crippen molar-refractivity contribution < 1.29 is 0 Å². The fourth-order valence-corrected chi connectivity index (χ4v) is 2.48. The van der Waals surface area contributed by atoms with E-state index < -0.39 is 0 Å². The lowest BCUT2D eigenvalue weighted by molar-refractivity contribution is 0.312. The van der Waals surface area contributed by atoms with Gasteiger partial charge in [-0.05, 0) is 31.8 Å². The molecule has 0 aliphatic carbocycles. The van der Waals surface area contributed by atoms with Gasteiger partial charge in [0.15, 0.2) is 0 Å². The van der Waals surface area contributed by atoms with Crippen molar-refractivity contribution in [2.45, 2.75) is 6.04 Å². The van der Waals surface area contributed by atoms with E-state index in [1.165, 1.54) is 5.56 Å². The topological polar surface area (TPSA) is 39.1 Å². The standard InChI is InChI=1S/C17H18ClN3/c1-21(2)17(13-7-4-3-5-8-13)12-20-16-10-6-9-15(18)14(16)11-19/h3-10,17,20H,12H2,1-2H3/t17-/m0/s1. The Kier molecular flexibility index (Phi) is 5.21. The SMILES string of the molecule is CN(C)[C@@H](CNc1cccc(Cl)c1C#N)c1ccccc1. The molecule has 0 unspecified atom stereocenters. The van der Waals surface area contributed by atoms with Gasteiger partial charge in [0.1, 0.15) is 6.07 Å². The third-order valence-corrected chi connectivity index (χ3v) is 3.73. The van der Waals surface area contributed by atoms with Gasteiger partial charge in [0.25, 0.3) is 0 Å². The summed E-state index contributed by atoms with van der Waals surface area (Å²) in [4.78, 5) is 2.15. The highest BCUT2D eigenvalue weighted by Crippen LogP contribution is 2.25. The summed E-state index contributed by atoms with van der Waals surface area (Å²) in [5.41, 5.74) is 2.49. The molecule has 0 aliphatic heterocycles. The molecule has 0 radical (unpaired) electrons. The Morgan fingerprint density at radius 2 is 1.86 bits per heavy atom. The smallest absolute Gasteiger partial charge is 0.103 e. The van der Waals surface area contributed by atoms with Gasteiger partial charge in [0.05, 0.1) is 22.3 Å². The highest BCUT2D eigenvalue weighted by molar-refractivity contribution is 6.32. The monoisotopic (exact) mass is 299 g/mol. The third-order valence-electron chi connectivity index (χ3n) is 3.42. The molecule has 1 atom stereocenters. The Morgan fingerprint density at radius 1 is 1.14 bits per heavy atom. The zero-order valence-corrected chi connectivity index (χ0v) is 12.9. The first-order chi connectivity index (χ1) is 10.1. The molecule has 0 amide bonds. The van der Waals surface area contributed by atoms with Crippen LogP contribution in [-0.4, -0.2) is 25.5 Å². The quantitative estimate of drug-likeness (QED) is 0.909. The lowest BCUT2D eigenvalue weighted by Crippen LogP contribution is -2.27. The molecule has 2 aromatic carbocycles. The molecule has 0 heterocycles. The van der Waals surface area contributed by atoms with Crippen LogP contribution in [0.25, 0.3) is 0 Å². The molecule has 0 fully saturated rings. The summed E-state index contributed by atoms with van der Waals surface area (Å²) in [6.45, 7) is 0.700. The molecule has 21 heavy (non-hydrogen) atoms. The molecule has 0 aliphatic rings. The van der Waals surface area contributed by atoms with Crippen LogP contribution in [0, 0.1) is 11.3 Å². The van der Waals surface area contributed by atoms with Gasteiger partial charge in [-0.15, -0.1) is 0 Å². The van der Waals surface area contributed by atoms with Crippen LogP contribution in [0.3, 0.4) is 0 Å². The molecule has 3 nitrogen and oxygen atoms in total. The highest BCUT2D eigenvalue weighted by Gasteiger charge is 2.14. The number of hydrogen-bond donors (Lipinski definition) is 1. The lowest BCUT2D eigenvalue weighted by Gasteiger charge is -2.25. The average molecular weight is 300 g/mol. The number of nitrogens with zero attached hydrogens (tertiary/aromatic N) is 2. The number of anilines is 1. The summed E-state index contributed by atoms with van der Waals surface area (Å²) < 4.78 is 0. The van der Waals surface area contributed by atoms with Crippen LogP contribution < -0.4 is 5.32 Å². The molecule has 2 rings (SSSR count). The molecular formula is C17H18ClN3. The van der Waals surface area contributed by atoms with Crippen LogP contribution in [0.2, 0.25) is 5.02 Å². The van der Waals surface area contributed by atoms with Crippen LogP contribution >= 0.6 is 11.6 Å². The van der Waals surface area contributed by atoms with Crippen molar-refractivity contribution in [1.29, 1.82) is 5.26 Å². The molecule has 0 aromatic heterocycles. The van der Waals surface area contributed by atoms with E-state index in [-0.39, 0.29) is 6.04 Å². The summed E-state index contributed by atoms with van der Waals surface area (Å²) >= 11 is 6.05. The van der Waals surface area contributed by atoms with Crippen LogP contribution in [0.15, 0.2) is 48.5 Å². The number of nitriles is 1. The van der Waals surface area contributed by atoms with E-state index in [4.69, 9.17) is 11.6 Å². The van der Waals surface area contributed by atoms with Crippen LogP contribution in [0.4, 0.5) is 5.69 Å². The maximum atomic E-state index is 9.21. The maximum absolute atomic E-state index is 9.21. The molecule has 0 saturated carbocycles. The van der Waals surface area contributed by atoms with Crippen molar-refractivity contribution in [3.63, 3.8) is 0 Å². The highest BCUT2D eigenvalue weighted by atomic mass is 35.5. The van der Waals surface area contributed by atoms with Crippen LogP contribution in [0.5, 0.6) is 0 Å². The fraction of sp³-hybridized carbons (Fsp3) is 0.235. The first-order valence-corrected chi connectivity index (χ1v) is 7.15. The number of nitrogens with one attached hydrogen (secondary N) is 1. The number of halogens is 1. The summed E-state index contributed by atoms with van der Waals surface area (Å²) in [6, 6.07) is 18.1. The second-order valence-corrected chi connectivity index (χ2v) is 5.45. The zero-order chi connectivity index (χ0) is 15.2. The number of likely N-dealkylation sites (N-methyl/N-ethyl adjacent to an activating group) is 1. The molecule has 0 spiro atoms. The van der Waals surface area contributed by atoms with E-state index in [0.29, 0.717) is 17.1 Å². The second-order valence-electron chi connectivity index (χ2n) is 5.05. The van der Waals surface area contributed by atoms with E-state index in [2.05, 4.69) is 28.4 Å². The molecular weight excluding hydrogens is 282 g/mol. The van der Waals surface area contributed by atoms with E-state index in [9.17, 15) is 5.26 Å². The van der Waals surface area contributed by atoms with Gasteiger partial charge in [-0.3, -0.25) is 0 Å². The maximum Gasteiger partial charge on any atom is 0.103 e. The molecule has 1 N–H and O–H groups in total. The van der Waals surface area contributed by atoms with Crippen molar-refractivity contribution in [1.82, 2.24) is 4.90 Å². The van der Waals surface area contributed by atoms with Crippen LogP contribution in [0.1, 0.15) is 17.2 Å². The van der Waals surface area contributed by atoms with Crippen molar-refractivity contribution in [3.8, 4) is 6.07 Å². The Morgan fingerprint density at radius 3 is 2.48 bits per heavy atom. The lowest BCUT2D eigenvalue weighted by atomic mass is 10.1. The average Bonchev–Trinajstić information content (AvgIpc) is 2.48. The van der Waals surface area contributed by atoms with Crippen LogP contribution in [-0.2, 0) is 0 Å². The van der Waals surface area contributed by atoms with Gasteiger partial charge in [0, 0.05) is 6.54 Å². The summed E-state index contributed by atoms with van der Waals surface area (Å²) in [7, 11) is 4.09. The summed E-state index contributed by atoms with van der Waals surface area (Å²) in [5, 5.41) is 13.0. The Balaban J connectivity index is 2.18. The Hall–Kier alpha value is -2.02. The van der Waals surface area contributed by atoms with Crippen molar-refractivity contribution in [3.05, 3.63) is 64.7 Å². The van der Waals surface area contributed by atoms with Crippen molar-refractivity contribution in [2.24, 2.45) is 0 Å². The largest absolute Gasteiger partial charge is 0.382 e. The minimum absolute atomic E-state index is 0.219. The van der Waals surface area contributed by atoms with Gasteiger partial charge in [-0.25, -0.2) is 0 Å². The molecule has 4 heteroatoms. The Bertz CT molecular complexity index is 632. The number of hydrogen-bond acceptors (Lipinski definition) is 3. The normalized spacial score (nSPS) is 12.0. The van der Waals surface area contributed by atoms with Gasteiger partial charge < -0.3 is 10.2 Å². The summed E-state index contributed by atoms with van der Waals surface area (Å²) in [6.07, 6.45) is 0. The molecule has 0 bridgehead atoms. The molecule has 0 saturated heterocycles. The van der Waals surface area contributed by atoms with E-state index in [0.717, 1.165) is 5.69 Å². The third kappa shape index (κ3) is 3.75. The predicted octanol–water partition coefficient (Wildman–Crippen LogP) is 3.93. The molecule has 2 aromatic rings. The molecule has 108 valence electrons. The van der Waals surface area contributed by atoms with Gasteiger partial charge in [-0.2, -0.15) is 5.26 Å². The first-order valence-electron chi connectivity index (χ1n) is 6.77. The van der Waals surface area contributed by atoms with E-state index in [1.807, 2.05) is 44.4 Å². The van der Waals surface area contributed by atoms with Crippen molar-refractivity contribution >= 4 is 17.3 Å². The number of rotatable bonds is 5. The minimum Gasteiger partial charge on any atom is -0.382 e. The van der Waals surface area contributed by atoms with Gasteiger partial charge >= 0.3 is 0 Å². The van der Waals surface area contributed by atoms with E-state index >= 15 is 0 Å². The summed E-state index contributed by atoms with van der Waals surface area (Å²) in [5.74, 6) is 0. The van der Waals surface area contributed by atoms with Gasteiger partial charge in [-0.1, -0.05) is 48.0 Å². The number of benzene rings is 2. The van der Waals surface area contributed by atoms with Gasteiger partial charge in [0.2, 0.25) is 0 Å². The fourth-order valence-electron chi connectivity index (χ4n) is 2.27. The predicted molar refractivity (Wildman–Crippen MR) is 87.5 cm³/mol. The van der Waals surface area contributed by atoms with Crippen molar-refractivity contribution in [2.75, 3.05) is 26.0 Å². The Labute approximate surface area is 130 Å². The minimum atomic E-state index is 0.219. The second kappa shape index (κ2) is 7.12. The van der Waals surface area contributed by atoms with E-state index in [1.54, 1.807) is 6.07 Å². The first kappa shape index (κ1) is 15.4. The zero-order valence-electron chi connectivity index (χ0n) is 12.2.